The van der Waals surface area contributed by atoms with Crippen molar-refractivity contribution in [3.05, 3.63) is 98.5 Å². The molecule has 8 nitrogen and oxygen atoms in total. The van der Waals surface area contributed by atoms with Crippen LogP contribution in [0.15, 0.2) is 82.4 Å². The van der Waals surface area contributed by atoms with Gasteiger partial charge in [0, 0.05) is 22.7 Å². The molecule has 0 fully saturated rings. The summed E-state index contributed by atoms with van der Waals surface area (Å²) >= 11 is 4.79. The number of carbonyl (C=O) groups excluding carboxylic acids is 1. The van der Waals surface area contributed by atoms with Crippen LogP contribution in [0.5, 0.6) is 5.75 Å². The van der Waals surface area contributed by atoms with Crippen molar-refractivity contribution in [3.63, 3.8) is 0 Å². The topological polar surface area (TPSA) is 97.9 Å². The highest BCUT2D eigenvalue weighted by Crippen LogP contribution is 2.31. The van der Waals surface area contributed by atoms with E-state index in [4.69, 9.17) is 4.74 Å². The third-order valence-electron chi connectivity index (χ3n) is 4.69. The summed E-state index contributed by atoms with van der Waals surface area (Å²) in [6, 6.07) is 18.8. The maximum absolute atomic E-state index is 13.1. The van der Waals surface area contributed by atoms with Crippen LogP contribution in [-0.4, -0.2) is 29.1 Å². The first kappa shape index (κ1) is 23.3. The molecule has 0 saturated carbocycles. The van der Waals surface area contributed by atoms with Crippen molar-refractivity contribution in [1.29, 1.82) is 0 Å². The van der Waals surface area contributed by atoms with Crippen molar-refractivity contribution >= 4 is 66.5 Å². The number of hydrogen-bond donors (Lipinski definition) is 0. The van der Waals surface area contributed by atoms with E-state index in [0.717, 1.165) is 20.3 Å². The normalized spacial score (nSPS) is 11.4. The van der Waals surface area contributed by atoms with E-state index < -0.39 is 10.8 Å². The number of aromatic nitrogens is 1. The molecule has 0 saturated heterocycles. The minimum Gasteiger partial charge on any atom is -0.497 e. The average Bonchev–Trinajstić information content (AvgIpc) is 3.26. The number of rotatable bonds is 7. The number of non-ortho nitro benzene ring substituents is 1. The molecule has 0 aliphatic carbocycles. The Morgan fingerprint density at radius 1 is 1.12 bits per heavy atom. The summed E-state index contributed by atoms with van der Waals surface area (Å²) in [7, 11) is 1.59. The molecule has 10 heteroatoms. The maximum atomic E-state index is 13.1. The van der Waals surface area contributed by atoms with Crippen LogP contribution in [0.25, 0.3) is 16.3 Å². The van der Waals surface area contributed by atoms with Gasteiger partial charge in [-0.1, -0.05) is 27.3 Å². The number of nitro benzene ring substituents is 1. The van der Waals surface area contributed by atoms with Crippen molar-refractivity contribution in [1.82, 2.24) is 4.98 Å². The zero-order valence-corrected chi connectivity index (χ0v) is 20.2. The highest BCUT2D eigenvalue weighted by Gasteiger charge is 2.17. The van der Waals surface area contributed by atoms with Gasteiger partial charge in [0.1, 0.15) is 5.75 Å². The lowest BCUT2D eigenvalue weighted by atomic mass is 10.2. The van der Waals surface area contributed by atoms with Gasteiger partial charge in [-0.15, -0.1) is 0 Å². The van der Waals surface area contributed by atoms with Crippen LogP contribution in [0.3, 0.4) is 0 Å². The number of carbonyl (C=O) groups is 1. The number of hydrogen-bond acceptors (Lipinski definition) is 7. The van der Waals surface area contributed by atoms with E-state index in [0.29, 0.717) is 16.4 Å². The van der Waals surface area contributed by atoms with Crippen molar-refractivity contribution in [2.75, 3.05) is 12.1 Å². The Kier molecular flexibility index (Phi) is 7.09. The van der Waals surface area contributed by atoms with Crippen LogP contribution < -0.4 is 9.75 Å². The number of hydrazone groups is 1. The largest absolute Gasteiger partial charge is 0.497 e. The minimum absolute atomic E-state index is 0.0187. The van der Waals surface area contributed by atoms with E-state index in [1.807, 2.05) is 30.3 Å². The van der Waals surface area contributed by atoms with E-state index in [1.54, 1.807) is 43.7 Å². The Labute approximate surface area is 207 Å². The number of nitro groups is 1. The molecule has 34 heavy (non-hydrogen) atoms. The van der Waals surface area contributed by atoms with E-state index in [-0.39, 0.29) is 5.69 Å². The van der Waals surface area contributed by atoms with Crippen molar-refractivity contribution < 1.29 is 14.5 Å². The fourth-order valence-corrected chi connectivity index (χ4v) is 4.42. The van der Waals surface area contributed by atoms with Crippen molar-refractivity contribution in [2.24, 2.45) is 5.10 Å². The predicted octanol–water partition coefficient (Wildman–Crippen LogP) is 6.06. The summed E-state index contributed by atoms with van der Waals surface area (Å²) in [5.41, 5.74) is 2.16. The molecule has 4 rings (SSSR count). The van der Waals surface area contributed by atoms with E-state index >= 15 is 0 Å². The zero-order chi connectivity index (χ0) is 24.1. The van der Waals surface area contributed by atoms with E-state index in [1.165, 1.54) is 34.6 Å². The highest BCUT2D eigenvalue weighted by atomic mass is 79.9. The lowest BCUT2D eigenvalue weighted by Crippen LogP contribution is -2.23. The van der Waals surface area contributed by atoms with Crippen LogP contribution in [0.4, 0.5) is 10.8 Å². The SMILES string of the molecule is COc1ccc(/C=N/N(C(=O)/C=C/c2ccc([N+](=O)[O-])cc2)c2nc3ccc(Br)cc3s2)cc1. The highest BCUT2D eigenvalue weighted by molar-refractivity contribution is 9.10. The molecule has 0 aliphatic rings. The number of nitrogens with zero attached hydrogens (tertiary/aromatic N) is 4. The van der Waals surface area contributed by atoms with Gasteiger partial charge in [-0.2, -0.15) is 10.1 Å². The Bertz CT molecular complexity index is 1400. The summed E-state index contributed by atoms with van der Waals surface area (Å²) in [5.74, 6) is 0.300. The minimum atomic E-state index is -0.472. The molecule has 0 N–H and O–H groups in total. The number of anilines is 1. The summed E-state index contributed by atoms with van der Waals surface area (Å²) in [5, 5.41) is 16.9. The maximum Gasteiger partial charge on any atom is 0.273 e. The number of fused-ring (bicyclic) bond motifs is 1. The fraction of sp³-hybridized carbons (Fsp3) is 0.0417. The Morgan fingerprint density at radius 3 is 2.50 bits per heavy atom. The Hall–Kier alpha value is -3.89. The van der Waals surface area contributed by atoms with Gasteiger partial charge in [-0.25, -0.2) is 4.98 Å². The van der Waals surface area contributed by atoms with E-state index in [2.05, 4.69) is 26.0 Å². The van der Waals surface area contributed by atoms with Gasteiger partial charge in [-0.3, -0.25) is 14.9 Å². The Morgan fingerprint density at radius 2 is 1.82 bits per heavy atom. The number of thiazole rings is 1. The van der Waals surface area contributed by atoms with Crippen molar-refractivity contribution in [2.45, 2.75) is 0 Å². The monoisotopic (exact) mass is 536 g/mol. The first-order valence-corrected chi connectivity index (χ1v) is 11.5. The third-order valence-corrected chi connectivity index (χ3v) is 6.18. The quantitative estimate of drug-likeness (QED) is 0.124. The number of ether oxygens (including phenoxy) is 1. The fourth-order valence-electron chi connectivity index (χ4n) is 2.94. The third kappa shape index (κ3) is 5.53. The average molecular weight is 537 g/mol. The summed E-state index contributed by atoms with van der Waals surface area (Å²) < 4.78 is 6.99. The van der Waals surface area contributed by atoms with Crippen molar-refractivity contribution in [3.8, 4) is 5.75 Å². The van der Waals surface area contributed by atoms with Crippen LogP contribution in [0.2, 0.25) is 0 Å². The van der Waals surface area contributed by atoms with Gasteiger partial charge in [0.05, 0.1) is 28.5 Å². The van der Waals surface area contributed by atoms with Crippen LogP contribution in [0.1, 0.15) is 11.1 Å². The molecule has 0 aliphatic heterocycles. The molecular formula is C24H17BrN4O4S. The molecule has 0 radical (unpaired) electrons. The van der Waals surface area contributed by atoms with Gasteiger partial charge in [-0.05, 0) is 71.8 Å². The predicted molar refractivity (Wildman–Crippen MR) is 138 cm³/mol. The first-order chi connectivity index (χ1) is 16.4. The van der Waals surface area contributed by atoms with Crippen LogP contribution in [0, 0.1) is 10.1 Å². The second-order valence-corrected chi connectivity index (χ2v) is 8.88. The van der Waals surface area contributed by atoms with Gasteiger partial charge >= 0.3 is 0 Å². The lowest BCUT2D eigenvalue weighted by molar-refractivity contribution is -0.384. The molecule has 0 spiro atoms. The standard InChI is InChI=1S/C24H17BrN4O4S/c1-33-20-10-4-17(5-11-20)15-26-28(24-27-21-12-7-18(25)14-22(21)34-24)23(30)13-6-16-2-8-19(9-3-16)29(31)32/h2-15H,1H3/b13-6+,26-15+. The molecule has 3 aromatic carbocycles. The van der Waals surface area contributed by atoms with E-state index in [9.17, 15) is 14.9 Å². The summed E-state index contributed by atoms with van der Waals surface area (Å²) in [6.45, 7) is 0. The first-order valence-electron chi connectivity index (χ1n) is 9.94. The van der Waals surface area contributed by atoms with Crippen LogP contribution in [-0.2, 0) is 4.79 Å². The molecular weight excluding hydrogens is 520 g/mol. The number of benzene rings is 3. The molecule has 0 atom stereocenters. The van der Waals surface area contributed by atoms with Gasteiger partial charge in [0.2, 0.25) is 5.13 Å². The Balaban J connectivity index is 1.64. The number of methoxy groups -OCH3 is 1. The molecule has 1 amide bonds. The zero-order valence-electron chi connectivity index (χ0n) is 17.8. The summed E-state index contributed by atoms with van der Waals surface area (Å²) in [4.78, 5) is 28.0. The number of amides is 1. The molecule has 1 heterocycles. The molecule has 1 aromatic heterocycles. The molecule has 0 unspecified atom stereocenters. The molecule has 170 valence electrons. The lowest BCUT2D eigenvalue weighted by Gasteiger charge is -2.11. The second kappa shape index (κ2) is 10.4. The van der Waals surface area contributed by atoms with Gasteiger partial charge in [0.15, 0.2) is 0 Å². The van der Waals surface area contributed by atoms with Crippen LogP contribution >= 0.6 is 27.3 Å². The molecule has 4 aromatic rings. The molecule has 0 bridgehead atoms. The van der Waals surface area contributed by atoms with Gasteiger partial charge < -0.3 is 4.74 Å². The second-order valence-electron chi connectivity index (χ2n) is 6.96. The summed E-state index contributed by atoms with van der Waals surface area (Å²) in [6.07, 6.45) is 4.50. The number of halogens is 1. The van der Waals surface area contributed by atoms with Gasteiger partial charge in [0.25, 0.3) is 11.6 Å². The smallest absolute Gasteiger partial charge is 0.273 e.